The average molecular weight is 396 g/mol. The molecule has 0 aromatic rings. The normalized spacial score (nSPS) is 11.2. The Morgan fingerprint density at radius 3 is 1.75 bits per heavy atom. The van der Waals surface area contributed by atoms with Crippen LogP contribution < -0.4 is 0 Å². The van der Waals surface area contributed by atoms with Gasteiger partial charge in [0.15, 0.2) is 0 Å². The third-order valence-electron chi connectivity index (χ3n) is 6.44. The van der Waals surface area contributed by atoms with Gasteiger partial charge >= 0.3 is 0 Å². The maximum absolute atomic E-state index is 9.03. The molecule has 0 radical (unpaired) electrons. The molecule has 0 fully saturated rings. The summed E-state index contributed by atoms with van der Waals surface area (Å²) < 4.78 is 0. The van der Waals surface area contributed by atoms with E-state index in [1.807, 2.05) is 0 Å². The average Bonchev–Trinajstić information content (AvgIpc) is 2.64. The first-order chi connectivity index (χ1) is 13.2. The van der Waals surface area contributed by atoms with Gasteiger partial charge in [-0.3, -0.25) is 0 Å². The van der Waals surface area contributed by atoms with E-state index in [9.17, 15) is 0 Å². The van der Waals surface area contributed by atoms with Gasteiger partial charge in [0.2, 0.25) is 0 Å². The quantitative estimate of drug-likeness (QED) is 0.225. The van der Waals surface area contributed by atoms with Crippen LogP contribution >= 0.6 is 0 Å². The van der Waals surface area contributed by atoms with Gasteiger partial charge in [-0.15, -0.1) is 17.4 Å². The molecule has 0 amide bonds. The molecule has 0 heterocycles. The van der Waals surface area contributed by atoms with Crippen LogP contribution in [0.25, 0.3) is 0 Å². The standard InChI is InChI=1S/C26H41NSi/c1-9-26(10-2,20-21-27)19-17-15-13-11-12-14-16-18-22-28(23(3)4,24(5)6)25(7)8/h23-25H,9-13,19-20H2,1-8H3. The Bertz CT molecular complexity index is 648. The largest absolute Gasteiger partial charge is 0.198 e. The van der Waals surface area contributed by atoms with E-state index in [-0.39, 0.29) is 5.41 Å². The Labute approximate surface area is 177 Å². The predicted octanol–water partition coefficient (Wildman–Crippen LogP) is 7.50. The van der Waals surface area contributed by atoms with Crippen LogP contribution in [0.4, 0.5) is 0 Å². The molecule has 0 rings (SSSR count). The Hall–Kier alpha value is -1.61. The van der Waals surface area contributed by atoms with Crippen LogP contribution in [0.3, 0.4) is 0 Å². The van der Waals surface area contributed by atoms with Gasteiger partial charge in [0.1, 0.15) is 8.07 Å². The molecule has 0 N–H and O–H groups in total. The molecule has 0 aliphatic carbocycles. The minimum atomic E-state index is -1.65. The number of rotatable bonds is 9. The summed E-state index contributed by atoms with van der Waals surface area (Å²) in [6.07, 6.45) is 6.19. The first-order valence-corrected chi connectivity index (χ1v) is 13.3. The highest BCUT2D eigenvalue weighted by Crippen LogP contribution is 2.40. The lowest BCUT2D eigenvalue weighted by molar-refractivity contribution is 0.277. The lowest BCUT2D eigenvalue weighted by atomic mass is 9.77. The fourth-order valence-electron chi connectivity index (χ4n) is 4.26. The lowest BCUT2D eigenvalue weighted by Crippen LogP contribution is -2.43. The fourth-order valence-corrected chi connectivity index (χ4v) is 9.41. The molecule has 0 spiro atoms. The van der Waals surface area contributed by atoms with Crippen LogP contribution in [-0.2, 0) is 0 Å². The van der Waals surface area contributed by atoms with Gasteiger partial charge in [-0.2, -0.15) is 5.26 Å². The van der Waals surface area contributed by atoms with Crippen LogP contribution in [0.15, 0.2) is 0 Å². The molecule has 0 saturated heterocycles. The zero-order valence-corrected chi connectivity index (χ0v) is 20.6. The number of hydrogen-bond acceptors (Lipinski definition) is 1. The molecule has 0 aliphatic heterocycles. The summed E-state index contributed by atoms with van der Waals surface area (Å²) in [5.74, 6) is 16.1. The summed E-state index contributed by atoms with van der Waals surface area (Å²) in [4.78, 5) is 0. The summed E-state index contributed by atoms with van der Waals surface area (Å²) in [6.45, 7) is 18.3. The van der Waals surface area contributed by atoms with Crippen molar-refractivity contribution in [1.29, 1.82) is 5.26 Å². The SMILES string of the molecule is CCC(CC)(CC#N)CC#CCCCC#CC#C[Si](C(C)C)(C(C)C)C(C)C. The molecule has 28 heavy (non-hydrogen) atoms. The van der Waals surface area contributed by atoms with Gasteiger partial charge in [0.25, 0.3) is 0 Å². The van der Waals surface area contributed by atoms with Crippen LogP contribution in [0, 0.1) is 51.9 Å². The van der Waals surface area contributed by atoms with Crippen LogP contribution in [-0.4, -0.2) is 8.07 Å². The van der Waals surface area contributed by atoms with E-state index in [1.54, 1.807) is 0 Å². The summed E-state index contributed by atoms with van der Waals surface area (Å²) >= 11 is 0. The van der Waals surface area contributed by atoms with E-state index < -0.39 is 8.07 Å². The predicted molar refractivity (Wildman–Crippen MR) is 126 cm³/mol. The third kappa shape index (κ3) is 7.79. The Morgan fingerprint density at radius 1 is 0.750 bits per heavy atom. The summed E-state index contributed by atoms with van der Waals surface area (Å²) in [6, 6.07) is 2.33. The minimum absolute atomic E-state index is 0.0801. The monoisotopic (exact) mass is 395 g/mol. The minimum Gasteiger partial charge on any atom is -0.198 e. The second kappa shape index (κ2) is 13.5. The van der Waals surface area contributed by atoms with Crippen molar-refractivity contribution in [3.63, 3.8) is 0 Å². The number of nitrogens with zero attached hydrogens (tertiary/aromatic N) is 1. The van der Waals surface area contributed by atoms with Crippen molar-refractivity contribution in [2.45, 2.75) is 117 Å². The van der Waals surface area contributed by atoms with Crippen molar-refractivity contribution in [3.8, 4) is 41.2 Å². The van der Waals surface area contributed by atoms with Crippen molar-refractivity contribution in [2.24, 2.45) is 5.41 Å². The van der Waals surface area contributed by atoms with E-state index >= 15 is 0 Å². The van der Waals surface area contributed by atoms with E-state index in [4.69, 9.17) is 5.26 Å². The molecule has 0 aromatic carbocycles. The van der Waals surface area contributed by atoms with Gasteiger partial charge < -0.3 is 0 Å². The van der Waals surface area contributed by atoms with Crippen molar-refractivity contribution >= 4 is 8.07 Å². The fraction of sp³-hybridized carbons (Fsp3) is 0.731. The molecule has 0 aromatic heterocycles. The van der Waals surface area contributed by atoms with Crippen molar-refractivity contribution in [1.82, 2.24) is 0 Å². The Kier molecular flexibility index (Phi) is 12.8. The molecule has 2 heteroatoms. The smallest absolute Gasteiger partial charge is 0.147 e. The highest BCUT2D eigenvalue weighted by Gasteiger charge is 2.41. The van der Waals surface area contributed by atoms with Gasteiger partial charge in [-0.05, 0) is 53.1 Å². The number of unbranched alkanes of at least 4 members (excludes halogenated alkanes) is 2. The van der Waals surface area contributed by atoms with Crippen molar-refractivity contribution in [2.75, 3.05) is 0 Å². The van der Waals surface area contributed by atoms with Crippen molar-refractivity contribution < 1.29 is 0 Å². The highest BCUT2D eigenvalue weighted by molar-refractivity contribution is 6.90. The van der Waals surface area contributed by atoms with Gasteiger partial charge in [0, 0.05) is 25.7 Å². The molecule has 0 saturated carbocycles. The first-order valence-electron chi connectivity index (χ1n) is 11.0. The first kappa shape index (κ1) is 26.4. The zero-order valence-electron chi connectivity index (χ0n) is 19.6. The van der Waals surface area contributed by atoms with Gasteiger partial charge in [-0.25, -0.2) is 0 Å². The maximum atomic E-state index is 9.03. The van der Waals surface area contributed by atoms with E-state index in [0.717, 1.165) is 38.5 Å². The molecule has 0 bridgehead atoms. The molecular formula is C26H41NSi. The summed E-state index contributed by atoms with van der Waals surface area (Å²) in [7, 11) is -1.65. The van der Waals surface area contributed by atoms with E-state index in [0.29, 0.717) is 23.0 Å². The molecule has 0 atom stereocenters. The van der Waals surface area contributed by atoms with E-state index in [2.05, 4.69) is 96.6 Å². The lowest BCUT2D eigenvalue weighted by Gasteiger charge is -2.37. The van der Waals surface area contributed by atoms with Crippen LogP contribution in [0.2, 0.25) is 16.6 Å². The molecule has 1 nitrogen and oxygen atoms in total. The summed E-state index contributed by atoms with van der Waals surface area (Å²) in [5, 5.41) is 9.03. The van der Waals surface area contributed by atoms with Gasteiger partial charge in [-0.1, -0.05) is 61.3 Å². The molecule has 154 valence electrons. The Morgan fingerprint density at radius 2 is 1.29 bits per heavy atom. The second-order valence-corrected chi connectivity index (χ2v) is 14.5. The van der Waals surface area contributed by atoms with E-state index in [1.165, 1.54) is 0 Å². The zero-order chi connectivity index (χ0) is 21.6. The molecule has 0 unspecified atom stereocenters. The topological polar surface area (TPSA) is 23.8 Å². The van der Waals surface area contributed by atoms with Crippen LogP contribution in [0.1, 0.15) is 100 Å². The van der Waals surface area contributed by atoms with Crippen LogP contribution in [0.5, 0.6) is 0 Å². The molecule has 0 aliphatic rings. The molecular weight excluding hydrogens is 354 g/mol. The summed E-state index contributed by atoms with van der Waals surface area (Å²) in [5.41, 5.74) is 5.67. The number of hydrogen-bond donors (Lipinski definition) is 0. The van der Waals surface area contributed by atoms with Gasteiger partial charge in [0.05, 0.1) is 6.07 Å². The van der Waals surface area contributed by atoms with Crippen molar-refractivity contribution in [3.05, 3.63) is 0 Å². The Balaban J connectivity index is 4.65. The second-order valence-electron chi connectivity index (χ2n) is 8.87. The third-order valence-corrected chi connectivity index (χ3v) is 12.7. The number of nitriles is 1. The maximum Gasteiger partial charge on any atom is 0.147 e. The highest BCUT2D eigenvalue weighted by atomic mass is 28.3.